The van der Waals surface area contributed by atoms with Gasteiger partial charge in [0, 0.05) is 5.38 Å². The molecular formula is C18H11FN4O3S2. The summed E-state index contributed by atoms with van der Waals surface area (Å²) in [5.41, 5.74) is 1.40. The van der Waals surface area contributed by atoms with E-state index in [1.54, 1.807) is 28.1 Å². The molecule has 0 unspecified atom stereocenters. The zero-order chi connectivity index (χ0) is 19.5. The molecule has 0 aliphatic heterocycles. The second-order valence-electron chi connectivity index (χ2n) is 5.46. The molecule has 4 aromatic rings. The van der Waals surface area contributed by atoms with Crippen molar-refractivity contribution in [2.45, 2.75) is 0 Å². The molecule has 140 valence electrons. The predicted octanol–water partition coefficient (Wildman–Crippen LogP) is 5.03. The van der Waals surface area contributed by atoms with E-state index >= 15 is 0 Å². The molecular weight excluding hydrogens is 403 g/mol. The number of hydrogen-bond acceptors (Lipinski definition) is 7. The highest BCUT2D eigenvalue weighted by molar-refractivity contribution is 7.14. The number of aromatic nitrogens is 1. The molecule has 0 radical (unpaired) electrons. The summed E-state index contributed by atoms with van der Waals surface area (Å²) in [4.78, 5) is 16.2. The number of nitro groups is 1. The Morgan fingerprint density at radius 1 is 1.14 bits per heavy atom. The monoisotopic (exact) mass is 414 g/mol. The maximum absolute atomic E-state index is 13.1. The Labute approximate surface area is 165 Å². The lowest BCUT2D eigenvalue weighted by atomic mass is 10.3. The van der Waals surface area contributed by atoms with Gasteiger partial charge in [0.2, 0.25) is 4.80 Å². The van der Waals surface area contributed by atoms with Crippen molar-refractivity contribution in [3.05, 3.63) is 85.8 Å². The molecule has 1 aromatic carbocycles. The summed E-state index contributed by atoms with van der Waals surface area (Å²) in [7, 11) is 0. The van der Waals surface area contributed by atoms with Gasteiger partial charge in [0.05, 0.1) is 28.5 Å². The molecule has 28 heavy (non-hydrogen) atoms. The van der Waals surface area contributed by atoms with Crippen LogP contribution in [0.3, 0.4) is 0 Å². The van der Waals surface area contributed by atoms with E-state index in [0.717, 1.165) is 10.6 Å². The third kappa shape index (κ3) is 3.82. The lowest BCUT2D eigenvalue weighted by molar-refractivity contribution is -0.402. The Bertz CT molecular complexity index is 1200. The summed E-state index contributed by atoms with van der Waals surface area (Å²) in [6, 6.07) is 12.4. The number of hydrogen-bond donors (Lipinski definition) is 0. The molecule has 3 heterocycles. The van der Waals surface area contributed by atoms with Gasteiger partial charge in [0.1, 0.15) is 10.7 Å². The second kappa shape index (κ2) is 7.71. The first-order valence-electron chi connectivity index (χ1n) is 7.93. The fraction of sp³-hybridized carbons (Fsp3) is 0. The van der Waals surface area contributed by atoms with Crippen molar-refractivity contribution < 1.29 is 13.7 Å². The number of rotatable bonds is 5. The van der Waals surface area contributed by atoms with Crippen LogP contribution in [0.4, 0.5) is 16.0 Å². The van der Waals surface area contributed by atoms with Crippen molar-refractivity contribution in [2.24, 2.45) is 10.1 Å². The van der Waals surface area contributed by atoms with Crippen molar-refractivity contribution in [1.29, 1.82) is 0 Å². The molecule has 3 aromatic heterocycles. The Balaban J connectivity index is 1.78. The van der Waals surface area contributed by atoms with E-state index in [1.165, 1.54) is 41.8 Å². The highest BCUT2D eigenvalue weighted by Crippen LogP contribution is 2.25. The molecule has 0 fully saturated rings. The predicted molar refractivity (Wildman–Crippen MR) is 106 cm³/mol. The molecule has 0 saturated heterocycles. The first kappa shape index (κ1) is 18.0. The lowest BCUT2D eigenvalue weighted by Crippen LogP contribution is -2.11. The first-order chi connectivity index (χ1) is 13.6. The maximum Gasteiger partial charge on any atom is 0.433 e. The third-order valence-corrected chi connectivity index (χ3v) is 5.31. The Morgan fingerprint density at radius 2 is 1.96 bits per heavy atom. The number of nitrogens with zero attached hydrogens (tertiary/aromatic N) is 4. The van der Waals surface area contributed by atoms with E-state index in [1.807, 2.05) is 22.9 Å². The lowest BCUT2D eigenvalue weighted by Gasteiger charge is -2.00. The minimum Gasteiger partial charge on any atom is -0.400 e. The van der Waals surface area contributed by atoms with Gasteiger partial charge in [0.25, 0.3) is 0 Å². The van der Waals surface area contributed by atoms with Gasteiger partial charge in [-0.2, -0.15) is 5.10 Å². The van der Waals surface area contributed by atoms with E-state index in [4.69, 9.17) is 4.42 Å². The van der Waals surface area contributed by atoms with E-state index in [-0.39, 0.29) is 17.5 Å². The topological polar surface area (TPSA) is 85.9 Å². The molecule has 0 amide bonds. The van der Waals surface area contributed by atoms with Crippen molar-refractivity contribution in [3.8, 4) is 10.6 Å². The molecule has 0 aliphatic rings. The van der Waals surface area contributed by atoms with Crippen molar-refractivity contribution >= 4 is 40.5 Å². The molecule has 4 rings (SSSR count). The third-order valence-electron chi connectivity index (χ3n) is 3.60. The summed E-state index contributed by atoms with van der Waals surface area (Å²) in [5, 5.41) is 19.0. The maximum atomic E-state index is 13.1. The second-order valence-corrected chi connectivity index (χ2v) is 7.24. The van der Waals surface area contributed by atoms with Gasteiger partial charge in [-0.1, -0.05) is 6.07 Å². The van der Waals surface area contributed by atoms with Gasteiger partial charge in [-0.3, -0.25) is 10.1 Å². The van der Waals surface area contributed by atoms with Crippen LogP contribution in [0, 0.1) is 15.9 Å². The average molecular weight is 414 g/mol. The summed E-state index contributed by atoms with van der Waals surface area (Å²) in [6.45, 7) is 0. The molecule has 10 heteroatoms. The highest BCUT2D eigenvalue weighted by atomic mass is 32.1. The van der Waals surface area contributed by atoms with E-state index in [2.05, 4.69) is 10.1 Å². The largest absolute Gasteiger partial charge is 0.433 e. The van der Waals surface area contributed by atoms with Crippen LogP contribution in [0.5, 0.6) is 0 Å². The van der Waals surface area contributed by atoms with Gasteiger partial charge < -0.3 is 4.42 Å². The van der Waals surface area contributed by atoms with Crippen molar-refractivity contribution in [2.75, 3.05) is 0 Å². The average Bonchev–Trinajstić information content (AvgIpc) is 3.42. The molecule has 0 aliphatic carbocycles. The smallest absolute Gasteiger partial charge is 0.400 e. The highest BCUT2D eigenvalue weighted by Gasteiger charge is 2.12. The first-order valence-corrected chi connectivity index (χ1v) is 9.69. The van der Waals surface area contributed by atoms with E-state index in [9.17, 15) is 14.5 Å². The fourth-order valence-electron chi connectivity index (χ4n) is 2.33. The Kier molecular flexibility index (Phi) is 4.96. The van der Waals surface area contributed by atoms with Crippen LogP contribution in [0.1, 0.15) is 5.76 Å². The van der Waals surface area contributed by atoms with Crippen LogP contribution in [0.15, 0.2) is 73.8 Å². The Hall–Kier alpha value is -3.37. The van der Waals surface area contributed by atoms with Crippen LogP contribution < -0.4 is 4.80 Å². The minimum absolute atomic E-state index is 0.246. The van der Waals surface area contributed by atoms with Crippen LogP contribution in [0.25, 0.3) is 10.6 Å². The quantitative estimate of drug-likeness (QED) is 0.261. The molecule has 0 atom stereocenters. The van der Waals surface area contributed by atoms with Crippen LogP contribution in [0.2, 0.25) is 0 Å². The van der Waals surface area contributed by atoms with Gasteiger partial charge in [0.15, 0.2) is 5.76 Å². The van der Waals surface area contributed by atoms with Crippen LogP contribution >= 0.6 is 22.7 Å². The number of furan rings is 1. The molecule has 0 saturated carbocycles. The van der Waals surface area contributed by atoms with Gasteiger partial charge in [-0.15, -0.1) is 22.7 Å². The number of benzene rings is 1. The minimum atomic E-state index is -0.610. The van der Waals surface area contributed by atoms with Crippen LogP contribution in [-0.2, 0) is 0 Å². The summed E-state index contributed by atoms with van der Waals surface area (Å²) in [5.74, 6) is -0.448. The summed E-state index contributed by atoms with van der Waals surface area (Å²) in [6.07, 6.45) is 1.39. The summed E-state index contributed by atoms with van der Waals surface area (Å²) < 4.78 is 19.9. The number of thiazole rings is 1. The molecule has 0 spiro atoms. The Morgan fingerprint density at radius 3 is 2.64 bits per heavy atom. The van der Waals surface area contributed by atoms with E-state index in [0.29, 0.717) is 10.5 Å². The van der Waals surface area contributed by atoms with Gasteiger partial charge in [-0.05, 0) is 41.8 Å². The van der Waals surface area contributed by atoms with E-state index < -0.39 is 4.92 Å². The molecule has 0 N–H and O–H groups in total. The number of thiophene rings is 1. The van der Waals surface area contributed by atoms with Crippen molar-refractivity contribution in [1.82, 2.24) is 4.68 Å². The van der Waals surface area contributed by atoms with Crippen molar-refractivity contribution in [3.63, 3.8) is 0 Å². The van der Waals surface area contributed by atoms with Gasteiger partial charge in [-0.25, -0.2) is 14.1 Å². The fourth-order valence-corrected chi connectivity index (χ4v) is 3.98. The van der Waals surface area contributed by atoms with Crippen LogP contribution in [-0.4, -0.2) is 15.8 Å². The normalized spacial score (nSPS) is 12.1. The zero-order valence-corrected chi connectivity index (χ0v) is 15.7. The number of halogens is 1. The standard InChI is InChI=1S/C18H11FN4O3S2/c19-12-3-5-13(6-4-12)21-18-22(15(11-28-18)16-2-1-9-27-16)20-10-14-7-8-17(26-14)23(24)25/h1-11H. The molecule has 7 nitrogen and oxygen atoms in total. The SMILES string of the molecule is O=[N+]([O-])c1ccc(C=Nn2c(-c3cccs3)csc2=Nc2ccc(F)cc2)o1. The zero-order valence-electron chi connectivity index (χ0n) is 14.1. The van der Waals surface area contributed by atoms with Gasteiger partial charge >= 0.3 is 5.88 Å². The summed E-state index contributed by atoms with van der Waals surface area (Å²) >= 11 is 2.92. The molecule has 0 bridgehead atoms.